The minimum Gasteiger partial charge on any atom is -0.493 e. The summed E-state index contributed by atoms with van der Waals surface area (Å²) in [6.07, 6.45) is 2.72. The van der Waals surface area contributed by atoms with Gasteiger partial charge in [0.05, 0.1) is 11.5 Å². The molecule has 0 aromatic heterocycles. The van der Waals surface area contributed by atoms with Gasteiger partial charge < -0.3 is 14.8 Å². The fraction of sp³-hybridized carbons (Fsp3) is 0.200. The average Bonchev–Trinajstić information content (AvgIpc) is 2.66. The maximum atomic E-state index is 12.0. The first-order chi connectivity index (χ1) is 13.7. The second-order valence-corrected chi connectivity index (χ2v) is 7.52. The van der Waals surface area contributed by atoms with Crippen molar-refractivity contribution in [2.24, 2.45) is 5.14 Å². The van der Waals surface area contributed by atoms with Crippen molar-refractivity contribution in [1.82, 2.24) is 0 Å². The highest BCUT2D eigenvalue weighted by Gasteiger charge is 2.13. The van der Waals surface area contributed by atoms with Crippen LogP contribution in [0.15, 0.2) is 53.4 Å². The average molecular weight is 418 g/mol. The predicted octanol–water partition coefficient (Wildman–Crippen LogP) is 2.24. The van der Waals surface area contributed by atoms with E-state index in [0.717, 1.165) is 0 Å². The van der Waals surface area contributed by atoms with Crippen molar-refractivity contribution in [1.29, 1.82) is 0 Å². The first-order valence-electron chi connectivity index (χ1n) is 8.70. The van der Waals surface area contributed by atoms with Gasteiger partial charge in [0.15, 0.2) is 6.61 Å². The van der Waals surface area contributed by atoms with Crippen molar-refractivity contribution in [2.45, 2.75) is 18.7 Å². The maximum Gasteiger partial charge on any atom is 0.331 e. The number of nitrogens with two attached hydrogens (primary N) is 1. The first kappa shape index (κ1) is 22.1. The Balaban J connectivity index is 1.94. The topological polar surface area (TPSA) is 125 Å². The third-order valence-corrected chi connectivity index (χ3v) is 4.79. The van der Waals surface area contributed by atoms with Crippen LogP contribution in [0.4, 0.5) is 5.69 Å². The molecule has 3 N–H and O–H groups in total. The van der Waals surface area contributed by atoms with E-state index in [1.807, 2.05) is 13.0 Å². The van der Waals surface area contributed by atoms with Crippen LogP contribution in [0, 0.1) is 6.92 Å². The number of primary sulfonamides is 1. The van der Waals surface area contributed by atoms with E-state index in [9.17, 15) is 18.0 Å². The molecule has 1 amide bonds. The monoisotopic (exact) mass is 418 g/mol. The van der Waals surface area contributed by atoms with Gasteiger partial charge in [-0.1, -0.05) is 24.3 Å². The standard InChI is InChI=1S/C20H22N2O6S/c1-3-27-17-7-5-4-6-15(17)9-11-20(24)28-13-19(23)22-16-10-8-14(2)18(12-16)29(21,25)26/h4-12H,3,13H2,1-2H3,(H,22,23)(H2,21,25,26)/b11-9+. The maximum absolute atomic E-state index is 12.0. The molecule has 2 aromatic rings. The smallest absolute Gasteiger partial charge is 0.331 e. The predicted molar refractivity (Wildman–Crippen MR) is 109 cm³/mol. The number of carbonyl (C=O) groups is 2. The van der Waals surface area contributed by atoms with E-state index in [1.54, 1.807) is 25.1 Å². The lowest BCUT2D eigenvalue weighted by Gasteiger charge is -2.09. The molecule has 0 spiro atoms. The van der Waals surface area contributed by atoms with Gasteiger partial charge in [0.2, 0.25) is 10.0 Å². The minimum absolute atomic E-state index is 0.0943. The van der Waals surface area contributed by atoms with Crippen LogP contribution in [0.1, 0.15) is 18.1 Å². The zero-order valence-corrected chi connectivity index (χ0v) is 16.9. The second-order valence-electron chi connectivity index (χ2n) is 5.99. The molecule has 8 nitrogen and oxygen atoms in total. The number of aryl methyl sites for hydroxylation is 1. The Morgan fingerprint density at radius 1 is 1.17 bits per heavy atom. The number of ether oxygens (including phenoxy) is 2. The van der Waals surface area contributed by atoms with Crippen molar-refractivity contribution in [3.8, 4) is 5.75 Å². The van der Waals surface area contributed by atoms with Gasteiger partial charge >= 0.3 is 5.97 Å². The van der Waals surface area contributed by atoms with Crippen LogP contribution in [0.3, 0.4) is 0 Å². The molecule has 0 saturated heterocycles. The van der Waals surface area contributed by atoms with Gasteiger partial charge in [-0.15, -0.1) is 0 Å². The number of rotatable bonds is 8. The van der Waals surface area contributed by atoms with Crippen LogP contribution >= 0.6 is 0 Å². The van der Waals surface area contributed by atoms with Crippen molar-refractivity contribution < 1.29 is 27.5 Å². The van der Waals surface area contributed by atoms with E-state index in [-0.39, 0.29) is 10.6 Å². The Morgan fingerprint density at radius 2 is 1.90 bits per heavy atom. The first-order valence-corrected chi connectivity index (χ1v) is 10.3. The second kappa shape index (κ2) is 9.85. The van der Waals surface area contributed by atoms with Crippen LogP contribution in [0.25, 0.3) is 6.08 Å². The molecule has 9 heteroatoms. The van der Waals surface area contributed by atoms with Crippen molar-refractivity contribution in [2.75, 3.05) is 18.5 Å². The molecule has 0 unspecified atom stereocenters. The van der Waals surface area contributed by atoms with Gasteiger partial charge in [0.1, 0.15) is 5.75 Å². The summed E-state index contributed by atoms with van der Waals surface area (Å²) in [5.74, 6) is -0.701. The Hall–Kier alpha value is -3.17. The number of esters is 1. The third-order valence-electron chi connectivity index (χ3n) is 3.74. The highest BCUT2D eigenvalue weighted by Crippen LogP contribution is 2.20. The minimum atomic E-state index is -3.92. The van der Waals surface area contributed by atoms with Crippen LogP contribution in [-0.4, -0.2) is 33.5 Å². The summed E-state index contributed by atoms with van der Waals surface area (Å²) in [5.41, 5.74) is 1.38. The number of nitrogens with one attached hydrogen (secondary N) is 1. The van der Waals surface area contributed by atoms with Crippen LogP contribution in [-0.2, 0) is 24.3 Å². The fourth-order valence-corrected chi connectivity index (χ4v) is 3.24. The van der Waals surface area contributed by atoms with Crippen LogP contribution in [0.5, 0.6) is 5.75 Å². The van der Waals surface area contributed by atoms with E-state index in [0.29, 0.717) is 23.5 Å². The quantitative estimate of drug-likeness (QED) is 0.500. The Labute approximate surface area is 169 Å². The SMILES string of the molecule is CCOc1ccccc1/C=C/C(=O)OCC(=O)Nc1ccc(C)c(S(N)(=O)=O)c1. The van der Waals surface area contributed by atoms with Gasteiger partial charge in [-0.05, 0) is 43.7 Å². The summed E-state index contributed by atoms with van der Waals surface area (Å²) in [7, 11) is -3.92. The van der Waals surface area contributed by atoms with E-state index in [4.69, 9.17) is 14.6 Å². The Bertz CT molecular complexity index is 1030. The van der Waals surface area contributed by atoms with Gasteiger partial charge in [0.25, 0.3) is 5.91 Å². The molecule has 2 aromatic carbocycles. The van der Waals surface area contributed by atoms with E-state index >= 15 is 0 Å². The van der Waals surface area contributed by atoms with Crippen molar-refractivity contribution >= 4 is 33.7 Å². The summed E-state index contributed by atoms with van der Waals surface area (Å²) in [6.45, 7) is 3.40. The lowest BCUT2D eigenvalue weighted by Crippen LogP contribution is -2.21. The molecule has 29 heavy (non-hydrogen) atoms. The zero-order valence-electron chi connectivity index (χ0n) is 16.0. The Kier molecular flexibility index (Phi) is 7.52. The number of sulfonamides is 1. The van der Waals surface area contributed by atoms with Gasteiger partial charge in [-0.2, -0.15) is 0 Å². The van der Waals surface area contributed by atoms with Gasteiger partial charge in [-0.25, -0.2) is 18.4 Å². The fourth-order valence-electron chi connectivity index (χ4n) is 2.43. The summed E-state index contributed by atoms with van der Waals surface area (Å²) in [4.78, 5) is 23.7. The molecule has 154 valence electrons. The molecule has 0 heterocycles. The summed E-state index contributed by atoms with van der Waals surface area (Å²) < 4.78 is 33.4. The molecule has 0 aliphatic carbocycles. The molecule has 0 radical (unpaired) electrons. The molecular weight excluding hydrogens is 396 g/mol. The van der Waals surface area contributed by atoms with Crippen LogP contribution < -0.4 is 15.2 Å². The number of hydrogen-bond acceptors (Lipinski definition) is 6. The summed E-state index contributed by atoms with van der Waals surface area (Å²) >= 11 is 0. The Morgan fingerprint density at radius 3 is 2.59 bits per heavy atom. The molecular formula is C20H22N2O6S. The van der Waals surface area contributed by atoms with Gasteiger partial charge in [0, 0.05) is 17.3 Å². The molecule has 0 fully saturated rings. The lowest BCUT2D eigenvalue weighted by atomic mass is 10.2. The molecule has 0 aliphatic heterocycles. The number of benzene rings is 2. The molecule has 2 rings (SSSR count). The van der Waals surface area contributed by atoms with E-state index < -0.39 is 28.5 Å². The van der Waals surface area contributed by atoms with Crippen molar-refractivity contribution in [3.63, 3.8) is 0 Å². The zero-order chi connectivity index (χ0) is 21.4. The summed E-state index contributed by atoms with van der Waals surface area (Å²) in [5, 5.41) is 7.60. The number of anilines is 1. The van der Waals surface area contributed by atoms with Crippen molar-refractivity contribution in [3.05, 3.63) is 59.7 Å². The summed E-state index contributed by atoms with van der Waals surface area (Å²) in [6, 6.07) is 11.5. The van der Waals surface area contributed by atoms with E-state index in [2.05, 4.69) is 5.32 Å². The number of amides is 1. The molecule has 0 aliphatic rings. The normalized spacial score (nSPS) is 11.3. The number of para-hydroxylation sites is 1. The molecule has 0 atom stereocenters. The molecule has 0 bridgehead atoms. The highest BCUT2D eigenvalue weighted by molar-refractivity contribution is 7.89. The van der Waals surface area contributed by atoms with Gasteiger partial charge in [-0.3, -0.25) is 4.79 Å². The number of carbonyl (C=O) groups excluding carboxylic acids is 2. The highest BCUT2D eigenvalue weighted by atomic mass is 32.2. The van der Waals surface area contributed by atoms with Crippen LogP contribution in [0.2, 0.25) is 0 Å². The lowest BCUT2D eigenvalue weighted by molar-refractivity contribution is -0.142. The largest absolute Gasteiger partial charge is 0.493 e. The molecule has 0 saturated carbocycles. The third kappa shape index (κ3) is 6.74. The number of hydrogen-bond donors (Lipinski definition) is 2. The van der Waals surface area contributed by atoms with E-state index in [1.165, 1.54) is 30.4 Å².